The molecule has 0 aromatic heterocycles. The monoisotopic (exact) mass is 204 g/mol. The van der Waals surface area contributed by atoms with E-state index in [-0.39, 0.29) is 0 Å². The van der Waals surface area contributed by atoms with Crippen LogP contribution in [0.15, 0.2) is 34.9 Å². The summed E-state index contributed by atoms with van der Waals surface area (Å²) in [4.78, 5) is 0. The molecule has 1 aliphatic carbocycles. The van der Waals surface area contributed by atoms with Crippen LogP contribution < -0.4 is 0 Å². The highest BCUT2D eigenvalue weighted by Crippen LogP contribution is 2.20. The molecule has 0 aromatic carbocycles. The summed E-state index contributed by atoms with van der Waals surface area (Å²) in [6.45, 7) is 9.07. The lowest BCUT2D eigenvalue weighted by Gasteiger charge is -2.11. The van der Waals surface area contributed by atoms with Crippen LogP contribution in [0, 0.1) is 5.92 Å². The fraction of sp³-hybridized carbons (Fsp3) is 0.600. The Morgan fingerprint density at radius 3 is 2.33 bits per heavy atom. The largest absolute Gasteiger partial charge is 0.0815 e. The number of rotatable bonds is 1. The van der Waals surface area contributed by atoms with Crippen molar-refractivity contribution < 1.29 is 0 Å². The van der Waals surface area contributed by atoms with E-state index in [0.29, 0.717) is 5.92 Å². The van der Waals surface area contributed by atoms with Crippen molar-refractivity contribution >= 4 is 0 Å². The van der Waals surface area contributed by atoms with Crippen LogP contribution in [0.25, 0.3) is 0 Å². The zero-order chi connectivity index (χ0) is 11.3. The van der Waals surface area contributed by atoms with Gasteiger partial charge in [0, 0.05) is 0 Å². The van der Waals surface area contributed by atoms with Crippen molar-refractivity contribution in [1.29, 1.82) is 0 Å². The summed E-state index contributed by atoms with van der Waals surface area (Å²) in [5.41, 5.74) is 4.62. The van der Waals surface area contributed by atoms with Crippen LogP contribution in [0.1, 0.15) is 53.4 Å². The lowest BCUT2D eigenvalue weighted by Crippen LogP contribution is -1.94. The minimum Gasteiger partial charge on any atom is -0.0815 e. The highest BCUT2D eigenvalue weighted by atomic mass is 14.1. The molecule has 0 spiro atoms. The third-order valence-corrected chi connectivity index (χ3v) is 3.15. The molecule has 1 rings (SSSR count). The van der Waals surface area contributed by atoms with Crippen molar-refractivity contribution in [2.45, 2.75) is 53.4 Å². The summed E-state index contributed by atoms with van der Waals surface area (Å²) >= 11 is 0. The zero-order valence-corrected chi connectivity index (χ0v) is 10.6. The van der Waals surface area contributed by atoms with Crippen LogP contribution in [0.2, 0.25) is 0 Å². The van der Waals surface area contributed by atoms with Crippen molar-refractivity contribution in [1.82, 2.24) is 0 Å². The van der Waals surface area contributed by atoms with Gasteiger partial charge in [0.2, 0.25) is 0 Å². The Hall–Kier alpha value is -0.780. The van der Waals surface area contributed by atoms with Crippen LogP contribution in [0.4, 0.5) is 0 Å². The van der Waals surface area contributed by atoms with Crippen molar-refractivity contribution in [2.24, 2.45) is 5.92 Å². The Labute approximate surface area is 94.8 Å². The molecule has 0 radical (unpaired) electrons. The third-order valence-electron chi connectivity index (χ3n) is 3.15. The Morgan fingerprint density at radius 1 is 1.00 bits per heavy atom. The molecule has 0 atom stereocenters. The van der Waals surface area contributed by atoms with E-state index >= 15 is 0 Å². The molecule has 15 heavy (non-hydrogen) atoms. The maximum Gasteiger partial charge on any atom is -0.0131 e. The predicted octanol–water partition coefficient (Wildman–Crippen LogP) is 5.04. The first-order chi connectivity index (χ1) is 7.09. The van der Waals surface area contributed by atoms with E-state index in [1.807, 2.05) is 0 Å². The van der Waals surface area contributed by atoms with Gasteiger partial charge in [0.05, 0.1) is 0 Å². The number of hydrogen-bond acceptors (Lipinski definition) is 0. The van der Waals surface area contributed by atoms with Gasteiger partial charge in [-0.2, -0.15) is 0 Å². The van der Waals surface area contributed by atoms with Gasteiger partial charge in [0.15, 0.2) is 0 Å². The molecule has 0 aliphatic heterocycles. The van der Waals surface area contributed by atoms with Crippen LogP contribution in [0.3, 0.4) is 0 Å². The number of allylic oxidation sites excluding steroid dienone is 6. The lowest BCUT2D eigenvalue weighted by molar-refractivity contribution is 0.738. The maximum atomic E-state index is 2.40. The molecule has 0 bridgehead atoms. The van der Waals surface area contributed by atoms with E-state index in [1.54, 1.807) is 11.1 Å². The Balaban J connectivity index is 2.85. The molecule has 0 heteroatoms. The summed E-state index contributed by atoms with van der Waals surface area (Å²) < 4.78 is 0. The van der Waals surface area contributed by atoms with Crippen LogP contribution in [-0.4, -0.2) is 0 Å². The molecular formula is C15H24. The molecule has 0 nitrogen and oxygen atoms in total. The minimum atomic E-state index is 0.664. The maximum absolute atomic E-state index is 2.40. The highest BCUT2D eigenvalue weighted by Gasteiger charge is 2.02. The second-order valence-corrected chi connectivity index (χ2v) is 5.02. The van der Waals surface area contributed by atoms with Gasteiger partial charge in [-0.15, -0.1) is 0 Å². The Bertz CT molecular complexity index is 287. The molecule has 0 saturated carbocycles. The van der Waals surface area contributed by atoms with E-state index in [0.717, 1.165) is 6.42 Å². The molecule has 0 amide bonds. The van der Waals surface area contributed by atoms with Gasteiger partial charge in [-0.1, -0.05) is 48.8 Å². The minimum absolute atomic E-state index is 0.664. The van der Waals surface area contributed by atoms with Gasteiger partial charge in [-0.25, -0.2) is 0 Å². The smallest absolute Gasteiger partial charge is 0.0131 e. The van der Waals surface area contributed by atoms with E-state index in [9.17, 15) is 0 Å². The van der Waals surface area contributed by atoms with Crippen molar-refractivity contribution in [2.75, 3.05) is 0 Å². The topological polar surface area (TPSA) is 0 Å². The SMILES string of the molecule is CC1=CC=C(C(C)C)CC=C(C)CCC1. The summed E-state index contributed by atoms with van der Waals surface area (Å²) in [6.07, 6.45) is 12.0. The molecular weight excluding hydrogens is 180 g/mol. The molecule has 84 valence electrons. The lowest BCUT2D eigenvalue weighted by atomic mass is 9.95. The van der Waals surface area contributed by atoms with Gasteiger partial charge in [-0.3, -0.25) is 0 Å². The predicted molar refractivity (Wildman–Crippen MR) is 68.9 cm³/mol. The third kappa shape index (κ3) is 4.51. The van der Waals surface area contributed by atoms with Gasteiger partial charge in [0.25, 0.3) is 0 Å². The molecule has 1 aliphatic rings. The van der Waals surface area contributed by atoms with E-state index in [2.05, 4.69) is 45.9 Å². The van der Waals surface area contributed by atoms with Crippen molar-refractivity contribution in [3.8, 4) is 0 Å². The van der Waals surface area contributed by atoms with Crippen molar-refractivity contribution in [3.05, 3.63) is 34.9 Å². The van der Waals surface area contributed by atoms with Crippen molar-refractivity contribution in [3.63, 3.8) is 0 Å². The molecule has 0 fully saturated rings. The second kappa shape index (κ2) is 5.95. The summed E-state index contributed by atoms with van der Waals surface area (Å²) in [6, 6.07) is 0. The average Bonchev–Trinajstić information content (AvgIpc) is 2.16. The molecule has 0 aromatic rings. The van der Waals surface area contributed by atoms with Crippen LogP contribution >= 0.6 is 0 Å². The zero-order valence-electron chi connectivity index (χ0n) is 10.6. The summed E-state index contributed by atoms with van der Waals surface area (Å²) in [5, 5.41) is 0. The van der Waals surface area contributed by atoms with Gasteiger partial charge in [0.1, 0.15) is 0 Å². The summed E-state index contributed by atoms with van der Waals surface area (Å²) in [7, 11) is 0. The average molecular weight is 204 g/mol. The fourth-order valence-corrected chi connectivity index (χ4v) is 1.87. The van der Waals surface area contributed by atoms with Gasteiger partial charge >= 0.3 is 0 Å². The highest BCUT2D eigenvalue weighted by molar-refractivity contribution is 5.22. The molecule has 0 heterocycles. The first-order valence-corrected chi connectivity index (χ1v) is 6.11. The molecule has 0 unspecified atom stereocenters. The van der Waals surface area contributed by atoms with E-state index in [4.69, 9.17) is 0 Å². The van der Waals surface area contributed by atoms with E-state index in [1.165, 1.54) is 24.8 Å². The first-order valence-electron chi connectivity index (χ1n) is 6.11. The Morgan fingerprint density at radius 2 is 1.67 bits per heavy atom. The normalized spacial score (nSPS) is 19.4. The quantitative estimate of drug-likeness (QED) is 0.525. The summed E-state index contributed by atoms with van der Waals surface area (Å²) in [5.74, 6) is 0.664. The number of hydrogen-bond donors (Lipinski definition) is 0. The Kier molecular flexibility index (Phi) is 4.87. The van der Waals surface area contributed by atoms with E-state index < -0.39 is 0 Å². The van der Waals surface area contributed by atoms with Crippen LogP contribution in [-0.2, 0) is 0 Å². The second-order valence-electron chi connectivity index (χ2n) is 5.02. The molecule has 0 N–H and O–H groups in total. The fourth-order valence-electron chi connectivity index (χ4n) is 1.87. The van der Waals surface area contributed by atoms with Crippen LogP contribution in [0.5, 0.6) is 0 Å². The standard InChI is InChI=1S/C15H24/c1-12(2)15-10-8-13(3)6-5-7-14(4)9-11-15/h8-10,12H,5-7,11H2,1-4H3. The van der Waals surface area contributed by atoms with Gasteiger partial charge in [-0.05, 0) is 45.4 Å². The van der Waals surface area contributed by atoms with Gasteiger partial charge < -0.3 is 0 Å². The first kappa shape index (κ1) is 12.3. The molecule has 0 saturated heterocycles.